The third kappa shape index (κ3) is 3.46. The summed E-state index contributed by atoms with van der Waals surface area (Å²) in [6.45, 7) is 1.87. The van der Waals surface area contributed by atoms with E-state index >= 15 is 0 Å². The van der Waals surface area contributed by atoms with Gasteiger partial charge in [0, 0.05) is 12.3 Å². The highest BCUT2D eigenvalue weighted by Gasteiger charge is 2.29. The quantitative estimate of drug-likeness (QED) is 0.889. The van der Waals surface area contributed by atoms with E-state index in [9.17, 15) is 18.0 Å². The summed E-state index contributed by atoms with van der Waals surface area (Å²) in [4.78, 5) is 11.1. The zero-order chi connectivity index (χ0) is 14.8. The Hall–Kier alpha value is -2.11. The largest absolute Gasteiger partial charge is 0.416 e. The number of carbonyl (C=O) groups excluding carboxylic acids is 1. The monoisotopic (exact) mass is 282 g/mol. The minimum absolute atomic E-state index is 0.00514. The lowest BCUT2D eigenvalue weighted by atomic mass is 9.99. The molecule has 0 bridgehead atoms. The third-order valence-electron chi connectivity index (χ3n) is 2.99. The molecule has 1 aromatic rings. The minimum Gasteiger partial charge on any atom is -0.273 e. The summed E-state index contributed by atoms with van der Waals surface area (Å²) in [6, 6.07) is 4.86. The molecule has 1 unspecified atom stereocenters. The number of nitrogens with one attached hydrogen (secondary N) is 1. The Labute approximate surface area is 114 Å². The van der Waals surface area contributed by atoms with Crippen LogP contribution in [0.5, 0.6) is 0 Å². The van der Waals surface area contributed by atoms with Crippen LogP contribution in [0.2, 0.25) is 0 Å². The van der Waals surface area contributed by atoms with Crippen LogP contribution in [-0.4, -0.2) is 11.6 Å². The second kappa shape index (κ2) is 5.48. The molecule has 0 spiro atoms. The van der Waals surface area contributed by atoms with Gasteiger partial charge in [-0.1, -0.05) is 25.1 Å². The van der Waals surface area contributed by atoms with Crippen LogP contribution in [0.4, 0.5) is 13.2 Å². The van der Waals surface area contributed by atoms with Gasteiger partial charge in [-0.3, -0.25) is 4.79 Å². The van der Waals surface area contributed by atoms with Crippen LogP contribution in [0, 0.1) is 5.92 Å². The summed E-state index contributed by atoms with van der Waals surface area (Å²) in [6.07, 6.45) is -0.593. The summed E-state index contributed by atoms with van der Waals surface area (Å²) >= 11 is 0. The lowest BCUT2D eigenvalue weighted by Gasteiger charge is -2.16. The predicted molar refractivity (Wildman–Crippen MR) is 69.8 cm³/mol. The van der Waals surface area contributed by atoms with Crippen molar-refractivity contribution in [2.75, 3.05) is 0 Å². The normalized spacial score (nSPS) is 19.9. The molecule has 1 aliphatic rings. The van der Waals surface area contributed by atoms with E-state index in [-0.39, 0.29) is 11.8 Å². The van der Waals surface area contributed by atoms with E-state index in [2.05, 4.69) is 10.5 Å². The first-order chi connectivity index (χ1) is 9.36. The fraction of sp³-hybridized carbons (Fsp3) is 0.286. The number of carbonyl (C=O) groups is 1. The first-order valence-corrected chi connectivity index (χ1v) is 6.08. The number of hydrazone groups is 1. The highest BCUT2D eigenvalue weighted by Crippen LogP contribution is 2.29. The van der Waals surface area contributed by atoms with E-state index in [0.717, 1.165) is 12.1 Å². The fourth-order valence-corrected chi connectivity index (χ4v) is 1.83. The van der Waals surface area contributed by atoms with E-state index < -0.39 is 11.7 Å². The Morgan fingerprint density at radius 1 is 1.25 bits per heavy atom. The molecule has 0 aliphatic carbocycles. The van der Waals surface area contributed by atoms with Crippen LogP contribution in [0.15, 0.2) is 35.4 Å². The standard InChI is InChI=1S/C14H13F3N2O/c1-9-8-13(20)19-18-12(9)7-4-10-2-5-11(6-3-10)14(15,16)17/h2-7,9H,8H2,1H3,(H,19,20). The summed E-state index contributed by atoms with van der Waals surface area (Å²) in [7, 11) is 0. The SMILES string of the molecule is CC1CC(=O)NN=C1C=Cc1ccc(C(F)(F)F)cc1. The molecule has 2 rings (SSSR count). The van der Waals surface area contributed by atoms with Crippen molar-refractivity contribution in [1.82, 2.24) is 5.43 Å². The van der Waals surface area contributed by atoms with Crippen LogP contribution < -0.4 is 5.43 Å². The third-order valence-corrected chi connectivity index (χ3v) is 2.99. The summed E-state index contributed by atoms with van der Waals surface area (Å²) in [5.41, 5.74) is 3.04. The molecule has 3 nitrogen and oxygen atoms in total. The van der Waals surface area contributed by atoms with Crippen LogP contribution in [0.25, 0.3) is 6.08 Å². The van der Waals surface area contributed by atoms with Gasteiger partial charge in [-0.05, 0) is 23.8 Å². The van der Waals surface area contributed by atoms with E-state index in [0.29, 0.717) is 17.7 Å². The molecule has 0 fully saturated rings. The highest BCUT2D eigenvalue weighted by atomic mass is 19.4. The zero-order valence-corrected chi connectivity index (χ0v) is 10.7. The van der Waals surface area contributed by atoms with Crippen molar-refractivity contribution in [3.8, 4) is 0 Å². The number of hydrogen-bond acceptors (Lipinski definition) is 2. The van der Waals surface area contributed by atoms with Gasteiger partial charge in [-0.2, -0.15) is 18.3 Å². The molecule has 1 aliphatic heterocycles. The average molecular weight is 282 g/mol. The van der Waals surface area contributed by atoms with Crippen molar-refractivity contribution >= 4 is 17.7 Å². The zero-order valence-electron chi connectivity index (χ0n) is 10.7. The van der Waals surface area contributed by atoms with Crippen LogP contribution in [0.1, 0.15) is 24.5 Å². The molecule has 1 amide bonds. The number of halogens is 3. The van der Waals surface area contributed by atoms with Crippen LogP contribution in [-0.2, 0) is 11.0 Å². The molecule has 1 atom stereocenters. The lowest BCUT2D eigenvalue weighted by Crippen LogP contribution is -2.30. The van der Waals surface area contributed by atoms with Gasteiger partial charge in [0.25, 0.3) is 0 Å². The maximum absolute atomic E-state index is 12.4. The number of alkyl halides is 3. The van der Waals surface area contributed by atoms with Gasteiger partial charge in [0.1, 0.15) is 0 Å². The van der Waals surface area contributed by atoms with E-state index in [4.69, 9.17) is 0 Å². The number of amides is 1. The highest BCUT2D eigenvalue weighted by molar-refractivity contribution is 6.03. The van der Waals surface area contributed by atoms with Crippen molar-refractivity contribution in [2.45, 2.75) is 19.5 Å². The van der Waals surface area contributed by atoms with Gasteiger partial charge >= 0.3 is 6.18 Å². The van der Waals surface area contributed by atoms with Crippen LogP contribution >= 0.6 is 0 Å². The number of allylic oxidation sites excluding steroid dienone is 1. The van der Waals surface area contributed by atoms with Gasteiger partial charge in [-0.25, -0.2) is 5.43 Å². The Kier molecular flexibility index (Phi) is 3.92. The minimum atomic E-state index is -4.32. The molecule has 0 saturated carbocycles. The lowest BCUT2D eigenvalue weighted by molar-refractivity contribution is -0.137. The number of benzene rings is 1. The van der Waals surface area contributed by atoms with Gasteiger partial charge in [0.15, 0.2) is 0 Å². The Morgan fingerprint density at radius 3 is 2.45 bits per heavy atom. The maximum atomic E-state index is 12.4. The molecule has 20 heavy (non-hydrogen) atoms. The number of rotatable bonds is 2. The average Bonchev–Trinajstić information content (AvgIpc) is 2.37. The molecular weight excluding hydrogens is 269 g/mol. The molecule has 1 heterocycles. The van der Waals surface area contributed by atoms with Crippen molar-refractivity contribution in [1.29, 1.82) is 0 Å². The van der Waals surface area contributed by atoms with E-state index in [1.54, 1.807) is 12.2 Å². The molecule has 1 N–H and O–H groups in total. The Balaban J connectivity index is 2.10. The fourth-order valence-electron chi connectivity index (χ4n) is 1.83. The molecule has 6 heteroatoms. The van der Waals surface area contributed by atoms with Gasteiger partial charge in [-0.15, -0.1) is 0 Å². The number of hydrogen-bond donors (Lipinski definition) is 1. The second-order valence-corrected chi connectivity index (χ2v) is 4.63. The second-order valence-electron chi connectivity index (χ2n) is 4.63. The molecule has 0 radical (unpaired) electrons. The smallest absolute Gasteiger partial charge is 0.273 e. The van der Waals surface area contributed by atoms with Crippen molar-refractivity contribution in [2.24, 2.45) is 11.0 Å². The van der Waals surface area contributed by atoms with Crippen molar-refractivity contribution in [3.63, 3.8) is 0 Å². The topological polar surface area (TPSA) is 41.5 Å². The van der Waals surface area contributed by atoms with E-state index in [1.807, 2.05) is 6.92 Å². The molecular formula is C14H13F3N2O. The Morgan fingerprint density at radius 2 is 1.90 bits per heavy atom. The first kappa shape index (κ1) is 14.3. The Bertz CT molecular complexity index is 559. The van der Waals surface area contributed by atoms with Crippen molar-refractivity contribution < 1.29 is 18.0 Å². The number of nitrogens with zero attached hydrogens (tertiary/aromatic N) is 1. The van der Waals surface area contributed by atoms with Crippen LogP contribution in [0.3, 0.4) is 0 Å². The predicted octanol–water partition coefficient (Wildman–Crippen LogP) is 3.23. The molecule has 0 saturated heterocycles. The van der Waals surface area contributed by atoms with E-state index in [1.165, 1.54) is 12.1 Å². The van der Waals surface area contributed by atoms with Gasteiger partial charge in [0.05, 0.1) is 11.3 Å². The first-order valence-electron chi connectivity index (χ1n) is 6.08. The summed E-state index contributed by atoms with van der Waals surface area (Å²) in [5.74, 6) is -0.140. The van der Waals surface area contributed by atoms with Gasteiger partial charge < -0.3 is 0 Å². The summed E-state index contributed by atoms with van der Waals surface area (Å²) in [5, 5.41) is 3.91. The van der Waals surface area contributed by atoms with Gasteiger partial charge in [0.2, 0.25) is 5.91 Å². The summed E-state index contributed by atoms with van der Waals surface area (Å²) < 4.78 is 37.2. The molecule has 0 aromatic heterocycles. The maximum Gasteiger partial charge on any atom is 0.416 e. The molecule has 1 aromatic carbocycles. The molecule has 106 valence electrons. The van der Waals surface area contributed by atoms with Crippen molar-refractivity contribution in [3.05, 3.63) is 41.5 Å².